The molecule has 3 N–H and O–H groups in total. The van der Waals surface area contributed by atoms with Crippen LogP contribution in [0.1, 0.15) is 13.8 Å². The summed E-state index contributed by atoms with van der Waals surface area (Å²) >= 11 is 0. The summed E-state index contributed by atoms with van der Waals surface area (Å²) < 4.78 is 6.79. The molecule has 8 nitrogen and oxygen atoms in total. The third-order valence-corrected chi connectivity index (χ3v) is 3.13. The maximum atomic E-state index is 12.4. The zero-order valence-electron chi connectivity index (χ0n) is 12.3. The highest BCUT2D eigenvalue weighted by molar-refractivity contribution is 5.88. The molecule has 2 rings (SSSR count). The summed E-state index contributed by atoms with van der Waals surface area (Å²) in [6.07, 6.45) is 3.07. The first-order valence-electron chi connectivity index (χ1n) is 6.93. The summed E-state index contributed by atoms with van der Waals surface area (Å²) in [6.45, 7) is 4.85. The Bertz CT molecular complexity index is 514. The van der Waals surface area contributed by atoms with E-state index in [-0.39, 0.29) is 31.0 Å². The third-order valence-electron chi connectivity index (χ3n) is 3.13. The molecule has 2 heterocycles. The van der Waals surface area contributed by atoms with E-state index in [1.165, 1.54) is 10.9 Å². The predicted octanol–water partition coefficient (Wildman–Crippen LogP) is -0.783. The first-order valence-corrected chi connectivity index (χ1v) is 6.93. The van der Waals surface area contributed by atoms with Crippen LogP contribution in [0.3, 0.4) is 0 Å². The Balaban J connectivity index is 2.03. The molecular formula is C13H21N5O3. The van der Waals surface area contributed by atoms with Gasteiger partial charge in [0.1, 0.15) is 12.6 Å². The largest absolute Gasteiger partial charge is 0.396 e. The first kappa shape index (κ1) is 15.3. The van der Waals surface area contributed by atoms with Crippen LogP contribution in [0.4, 0.5) is 5.69 Å². The molecule has 0 radical (unpaired) electrons. The van der Waals surface area contributed by atoms with E-state index in [0.29, 0.717) is 18.8 Å². The Morgan fingerprint density at radius 3 is 2.95 bits per heavy atom. The number of amides is 2. The summed E-state index contributed by atoms with van der Waals surface area (Å²) in [5.74, 6) is -0.372. The number of anilines is 1. The molecule has 1 fully saturated rings. The van der Waals surface area contributed by atoms with Gasteiger partial charge in [0.25, 0.3) is 0 Å². The van der Waals surface area contributed by atoms with Crippen LogP contribution in [-0.2, 0) is 20.9 Å². The average molecular weight is 295 g/mol. The molecule has 21 heavy (non-hydrogen) atoms. The minimum atomic E-state index is -0.596. The van der Waals surface area contributed by atoms with Gasteiger partial charge in [0, 0.05) is 18.8 Å². The van der Waals surface area contributed by atoms with Crippen LogP contribution in [0.5, 0.6) is 0 Å². The Hall–Kier alpha value is -2.09. The van der Waals surface area contributed by atoms with E-state index in [1.807, 2.05) is 13.8 Å². The number of nitrogens with one attached hydrogen (secondary N) is 1. The normalized spacial score (nSPS) is 18.8. The molecule has 8 heteroatoms. The lowest BCUT2D eigenvalue weighted by Crippen LogP contribution is -2.57. The van der Waals surface area contributed by atoms with Crippen LogP contribution in [-0.4, -0.2) is 58.3 Å². The minimum Gasteiger partial charge on any atom is -0.396 e. The highest BCUT2D eigenvalue weighted by Gasteiger charge is 2.33. The molecule has 0 aromatic carbocycles. The van der Waals surface area contributed by atoms with E-state index < -0.39 is 6.04 Å². The molecule has 1 saturated heterocycles. The molecule has 1 unspecified atom stereocenters. The van der Waals surface area contributed by atoms with Gasteiger partial charge in [-0.1, -0.05) is 0 Å². The molecule has 0 aliphatic carbocycles. The Morgan fingerprint density at radius 1 is 1.57 bits per heavy atom. The summed E-state index contributed by atoms with van der Waals surface area (Å²) in [5, 5.41) is 6.79. The van der Waals surface area contributed by atoms with Gasteiger partial charge in [0.05, 0.1) is 25.1 Å². The first-order chi connectivity index (χ1) is 9.97. The predicted molar refractivity (Wildman–Crippen MR) is 76.2 cm³/mol. The SMILES string of the molecule is CC(C)NC(=O)C1COCCN1C(=O)Cn1cc(N)cn1. The van der Waals surface area contributed by atoms with Crippen LogP contribution in [0.2, 0.25) is 0 Å². The van der Waals surface area contributed by atoms with Crippen molar-refractivity contribution in [1.29, 1.82) is 0 Å². The molecule has 0 spiro atoms. The van der Waals surface area contributed by atoms with Crippen molar-refractivity contribution >= 4 is 17.5 Å². The lowest BCUT2D eigenvalue weighted by molar-refractivity contribution is -0.149. The number of morpholine rings is 1. The summed E-state index contributed by atoms with van der Waals surface area (Å²) in [5.41, 5.74) is 6.07. The highest BCUT2D eigenvalue weighted by Crippen LogP contribution is 2.09. The van der Waals surface area contributed by atoms with Crippen molar-refractivity contribution in [1.82, 2.24) is 20.0 Å². The number of nitrogens with zero attached hydrogens (tertiary/aromatic N) is 3. The Morgan fingerprint density at radius 2 is 2.33 bits per heavy atom. The summed E-state index contributed by atoms with van der Waals surface area (Å²) in [6, 6.07) is -0.580. The topological polar surface area (TPSA) is 102 Å². The van der Waals surface area contributed by atoms with Gasteiger partial charge in [0.2, 0.25) is 11.8 Å². The Labute approximate surface area is 123 Å². The van der Waals surface area contributed by atoms with Crippen LogP contribution in [0.25, 0.3) is 0 Å². The molecule has 1 atom stereocenters. The van der Waals surface area contributed by atoms with Gasteiger partial charge in [-0.25, -0.2) is 0 Å². The fraction of sp³-hybridized carbons (Fsp3) is 0.615. The van der Waals surface area contributed by atoms with Crippen molar-refractivity contribution in [3.8, 4) is 0 Å². The number of aromatic nitrogens is 2. The molecule has 0 saturated carbocycles. The molecule has 1 aliphatic rings. The fourth-order valence-electron chi connectivity index (χ4n) is 2.20. The van der Waals surface area contributed by atoms with E-state index in [1.54, 1.807) is 11.1 Å². The van der Waals surface area contributed by atoms with E-state index in [0.717, 1.165) is 0 Å². The molecule has 1 aromatic rings. The van der Waals surface area contributed by atoms with Gasteiger partial charge in [0.15, 0.2) is 0 Å². The standard InChI is InChI=1S/C13H21N5O3/c1-9(2)16-13(20)11-8-21-4-3-18(11)12(19)7-17-6-10(14)5-15-17/h5-6,9,11H,3-4,7-8,14H2,1-2H3,(H,16,20). The number of ether oxygens (including phenoxy) is 1. The van der Waals surface area contributed by atoms with Gasteiger partial charge in [-0.2, -0.15) is 5.10 Å². The van der Waals surface area contributed by atoms with Gasteiger partial charge in [-0.3, -0.25) is 14.3 Å². The van der Waals surface area contributed by atoms with Crippen LogP contribution in [0, 0.1) is 0 Å². The molecular weight excluding hydrogens is 274 g/mol. The van der Waals surface area contributed by atoms with Crippen molar-refractivity contribution in [3.63, 3.8) is 0 Å². The number of hydrogen-bond donors (Lipinski definition) is 2. The van der Waals surface area contributed by atoms with Crippen molar-refractivity contribution in [2.24, 2.45) is 0 Å². The molecule has 1 aliphatic heterocycles. The monoisotopic (exact) mass is 295 g/mol. The zero-order valence-corrected chi connectivity index (χ0v) is 12.3. The number of carbonyl (C=O) groups excluding carboxylic acids is 2. The quantitative estimate of drug-likeness (QED) is 0.758. The van der Waals surface area contributed by atoms with Crippen LogP contribution < -0.4 is 11.1 Å². The van der Waals surface area contributed by atoms with Crippen molar-refractivity contribution < 1.29 is 14.3 Å². The van der Waals surface area contributed by atoms with Crippen LogP contribution >= 0.6 is 0 Å². The maximum Gasteiger partial charge on any atom is 0.245 e. The fourth-order valence-corrected chi connectivity index (χ4v) is 2.20. The maximum absolute atomic E-state index is 12.4. The number of hydrogen-bond acceptors (Lipinski definition) is 5. The number of rotatable bonds is 4. The van der Waals surface area contributed by atoms with Gasteiger partial charge >= 0.3 is 0 Å². The summed E-state index contributed by atoms with van der Waals surface area (Å²) in [7, 11) is 0. The molecule has 116 valence electrons. The number of nitrogens with two attached hydrogens (primary N) is 1. The number of nitrogen functional groups attached to an aromatic ring is 1. The highest BCUT2D eigenvalue weighted by atomic mass is 16.5. The third kappa shape index (κ3) is 3.94. The van der Waals surface area contributed by atoms with Gasteiger partial charge in [-0.15, -0.1) is 0 Å². The van der Waals surface area contributed by atoms with E-state index in [4.69, 9.17) is 10.5 Å². The van der Waals surface area contributed by atoms with Gasteiger partial charge < -0.3 is 20.7 Å². The second-order valence-electron chi connectivity index (χ2n) is 5.31. The van der Waals surface area contributed by atoms with E-state index in [2.05, 4.69) is 10.4 Å². The van der Waals surface area contributed by atoms with Crippen molar-refractivity contribution in [2.75, 3.05) is 25.5 Å². The second-order valence-corrected chi connectivity index (χ2v) is 5.31. The van der Waals surface area contributed by atoms with E-state index in [9.17, 15) is 9.59 Å². The van der Waals surface area contributed by atoms with Crippen molar-refractivity contribution in [3.05, 3.63) is 12.4 Å². The summed E-state index contributed by atoms with van der Waals surface area (Å²) in [4.78, 5) is 26.1. The van der Waals surface area contributed by atoms with Crippen LogP contribution in [0.15, 0.2) is 12.4 Å². The number of carbonyl (C=O) groups is 2. The molecule has 0 bridgehead atoms. The second kappa shape index (κ2) is 6.57. The van der Waals surface area contributed by atoms with E-state index >= 15 is 0 Å². The smallest absolute Gasteiger partial charge is 0.245 e. The minimum absolute atomic E-state index is 0.0160. The lowest BCUT2D eigenvalue weighted by atomic mass is 10.2. The lowest BCUT2D eigenvalue weighted by Gasteiger charge is -2.35. The molecule has 2 amide bonds. The zero-order chi connectivity index (χ0) is 15.4. The van der Waals surface area contributed by atoms with Gasteiger partial charge in [-0.05, 0) is 13.8 Å². The van der Waals surface area contributed by atoms with Crippen molar-refractivity contribution in [2.45, 2.75) is 32.5 Å². The average Bonchev–Trinajstić information content (AvgIpc) is 2.83. The molecule has 1 aromatic heterocycles. The Kier molecular flexibility index (Phi) is 4.79.